The molecule has 0 saturated heterocycles. The molecular formula is C7H6N4O3. The molecule has 0 aliphatic heterocycles. The van der Waals surface area contributed by atoms with Crippen LogP contribution >= 0.6 is 0 Å². The number of aromatic amines is 1. The smallest absolute Gasteiger partial charge is 0.342 e. The fourth-order valence-electron chi connectivity index (χ4n) is 1.11. The third-order valence-corrected chi connectivity index (χ3v) is 1.69. The Balaban J connectivity index is 2.83. The van der Waals surface area contributed by atoms with E-state index in [4.69, 9.17) is 5.11 Å². The lowest BCUT2D eigenvalue weighted by atomic mass is 10.3. The molecule has 2 aromatic rings. The summed E-state index contributed by atoms with van der Waals surface area (Å²) in [5.74, 6) is -0.595. The van der Waals surface area contributed by atoms with Gasteiger partial charge < -0.3 is 5.11 Å². The molecule has 72 valence electrons. The molecule has 0 fully saturated rings. The molecule has 0 bridgehead atoms. The Morgan fingerprint density at radius 2 is 2.36 bits per heavy atom. The summed E-state index contributed by atoms with van der Waals surface area (Å²) >= 11 is 0. The van der Waals surface area contributed by atoms with E-state index in [9.17, 15) is 9.59 Å². The van der Waals surface area contributed by atoms with Gasteiger partial charge in [-0.25, -0.2) is 9.31 Å². The average Bonchev–Trinajstić information content (AvgIpc) is 2.42. The van der Waals surface area contributed by atoms with Crippen molar-refractivity contribution >= 4 is 11.7 Å². The van der Waals surface area contributed by atoms with Gasteiger partial charge in [-0.1, -0.05) is 0 Å². The molecule has 0 saturated carbocycles. The molecule has 2 N–H and O–H groups in total. The molecule has 2 heterocycles. The van der Waals surface area contributed by atoms with Crippen molar-refractivity contribution in [2.45, 2.75) is 6.92 Å². The first kappa shape index (κ1) is 8.42. The number of hydrogen-bond acceptors (Lipinski definition) is 4. The first-order valence-corrected chi connectivity index (χ1v) is 3.77. The summed E-state index contributed by atoms with van der Waals surface area (Å²) in [5, 5.41) is 12.5. The Kier molecular flexibility index (Phi) is 1.60. The minimum absolute atomic E-state index is 0.234. The summed E-state index contributed by atoms with van der Waals surface area (Å²) in [7, 11) is 0. The van der Waals surface area contributed by atoms with Crippen molar-refractivity contribution in [1.29, 1.82) is 0 Å². The minimum Gasteiger partial charge on any atom is -0.477 e. The van der Waals surface area contributed by atoms with Crippen LogP contribution in [0.3, 0.4) is 0 Å². The van der Waals surface area contributed by atoms with Crippen LogP contribution in [-0.2, 0) is 0 Å². The van der Waals surface area contributed by atoms with Crippen LogP contribution in [0.15, 0.2) is 11.0 Å². The minimum atomic E-state index is -1.29. The van der Waals surface area contributed by atoms with Crippen LogP contribution in [0.5, 0.6) is 0 Å². The van der Waals surface area contributed by atoms with Crippen LogP contribution in [-0.4, -0.2) is 30.7 Å². The highest BCUT2D eigenvalue weighted by atomic mass is 16.4. The molecule has 2 rings (SSSR count). The number of fused-ring (bicyclic) bond motifs is 1. The second-order valence-electron chi connectivity index (χ2n) is 2.73. The van der Waals surface area contributed by atoms with Gasteiger partial charge >= 0.3 is 5.97 Å². The van der Waals surface area contributed by atoms with E-state index < -0.39 is 11.5 Å². The van der Waals surface area contributed by atoms with Gasteiger partial charge in [0.25, 0.3) is 5.56 Å². The van der Waals surface area contributed by atoms with Crippen LogP contribution < -0.4 is 5.56 Å². The summed E-state index contributed by atoms with van der Waals surface area (Å²) < 4.78 is 1.22. The van der Waals surface area contributed by atoms with Crippen LogP contribution in [0, 0.1) is 6.92 Å². The molecule has 0 unspecified atom stereocenters. The topological polar surface area (TPSA) is 100 Å². The molecule has 0 radical (unpaired) electrons. The zero-order valence-electron chi connectivity index (χ0n) is 7.18. The maximum Gasteiger partial charge on any atom is 0.342 e. The zero-order valence-corrected chi connectivity index (χ0v) is 7.18. The number of nitrogens with zero attached hydrogens (tertiary/aromatic N) is 3. The summed E-state index contributed by atoms with van der Waals surface area (Å²) in [6.45, 7) is 1.64. The molecule has 7 heteroatoms. The standard InChI is InChI=1S/C7H6N4O3/c1-3-8-7-9-5(12)4(6(13)14)2-11(7)10-3/h2H,1H3,(H,13,14)(H,8,9,10,12). The second-order valence-corrected chi connectivity index (χ2v) is 2.73. The van der Waals surface area contributed by atoms with E-state index in [1.807, 2.05) is 0 Å². The van der Waals surface area contributed by atoms with E-state index >= 15 is 0 Å². The number of carbonyl (C=O) groups is 1. The highest BCUT2D eigenvalue weighted by Crippen LogP contribution is 1.96. The van der Waals surface area contributed by atoms with Crippen LogP contribution in [0.25, 0.3) is 5.78 Å². The molecular weight excluding hydrogens is 188 g/mol. The number of H-pyrrole nitrogens is 1. The second kappa shape index (κ2) is 2.66. The molecule has 0 atom stereocenters. The SMILES string of the molecule is Cc1nc2[nH]c(=O)c(C(=O)O)cn2n1. The summed E-state index contributed by atoms with van der Waals surface area (Å²) in [6.07, 6.45) is 1.14. The molecule has 2 aromatic heterocycles. The van der Waals surface area contributed by atoms with Gasteiger partial charge in [0.2, 0.25) is 5.78 Å². The van der Waals surface area contributed by atoms with Crippen molar-refractivity contribution in [2.24, 2.45) is 0 Å². The van der Waals surface area contributed by atoms with Gasteiger partial charge in [-0.3, -0.25) is 9.78 Å². The molecule has 7 nitrogen and oxygen atoms in total. The monoisotopic (exact) mass is 194 g/mol. The first-order chi connectivity index (χ1) is 6.58. The van der Waals surface area contributed by atoms with E-state index in [0.717, 1.165) is 6.20 Å². The molecule has 0 spiro atoms. The Hall–Kier alpha value is -2.18. The largest absolute Gasteiger partial charge is 0.477 e. The number of nitrogens with one attached hydrogen (secondary N) is 1. The van der Waals surface area contributed by atoms with Gasteiger partial charge in [0.15, 0.2) is 0 Å². The summed E-state index contributed by atoms with van der Waals surface area (Å²) in [4.78, 5) is 27.9. The Labute approximate surface area is 77.0 Å². The van der Waals surface area contributed by atoms with Crippen LogP contribution in [0.4, 0.5) is 0 Å². The fraction of sp³-hybridized carbons (Fsp3) is 0.143. The van der Waals surface area contributed by atoms with Crippen molar-refractivity contribution < 1.29 is 9.90 Å². The third-order valence-electron chi connectivity index (χ3n) is 1.69. The number of aromatic carboxylic acids is 1. The van der Waals surface area contributed by atoms with Crippen LogP contribution in [0.1, 0.15) is 16.2 Å². The van der Waals surface area contributed by atoms with Crippen molar-refractivity contribution in [1.82, 2.24) is 19.6 Å². The highest BCUT2D eigenvalue weighted by molar-refractivity contribution is 5.86. The van der Waals surface area contributed by atoms with Crippen LogP contribution in [0.2, 0.25) is 0 Å². The lowest BCUT2D eigenvalue weighted by Gasteiger charge is -1.93. The van der Waals surface area contributed by atoms with Crippen molar-refractivity contribution in [3.05, 3.63) is 27.9 Å². The number of carboxylic acids is 1. The lowest BCUT2D eigenvalue weighted by molar-refractivity contribution is 0.0694. The summed E-state index contributed by atoms with van der Waals surface area (Å²) in [5.41, 5.74) is -1.04. The molecule has 0 aliphatic carbocycles. The normalized spacial score (nSPS) is 10.6. The van der Waals surface area contributed by atoms with E-state index in [0.29, 0.717) is 5.82 Å². The highest BCUT2D eigenvalue weighted by Gasteiger charge is 2.11. The molecule has 0 amide bonds. The Morgan fingerprint density at radius 1 is 1.64 bits per heavy atom. The van der Waals surface area contributed by atoms with Gasteiger partial charge in [-0.2, -0.15) is 10.1 Å². The van der Waals surface area contributed by atoms with Crippen molar-refractivity contribution in [3.63, 3.8) is 0 Å². The van der Waals surface area contributed by atoms with Gasteiger partial charge in [0, 0.05) is 0 Å². The van der Waals surface area contributed by atoms with Gasteiger partial charge in [-0.05, 0) is 6.92 Å². The third kappa shape index (κ3) is 1.15. The quantitative estimate of drug-likeness (QED) is 0.632. The van der Waals surface area contributed by atoms with E-state index in [-0.39, 0.29) is 11.3 Å². The number of hydrogen-bond donors (Lipinski definition) is 2. The zero-order chi connectivity index (χ0) is 10.3. The van der Waals surface area contributed by atoms with Gasteiger partial charge in [-0.15, -0.1) is 0 Å². The number of carboxylic acid groups (broad SMARTS) is 1. The predicted molar refractivity (Wildman–Crippen MR) is 45.3 cm³/mol. The first-order valence-electron chi connectivity index (χ1n) is 3.77. The molecule has 0 aromatic carbocycles. The van der Waals surface area contributed by atoms with Gasteiger partial charge in [0.1, 0.15) is 11.4 Å². The average molecular weight is 194 g/mol. The molecule has 14 heavy (non-hydrogen) atoms. The van der Waals surface area contributed by atoms with Crippen molar-refractivity contribution in [3.8, 4) is 0 Å². The van der Waals surface area contributed by atoms with Gasteiger partial charge in [0.05, 0.1) is 6.20 Å². The van der Waals surface area contributed by atoms with E-state index in [1.165, 1.54) is 4.52 Å². The number of aromatic nitrogens is 4. The summed E-state index contributed by atoms with van der Waals surface area (Å²) in [6, 6.07) is 0. The fourth-order valence-corrected chi connectivity index (χ4v) is 1.11. The van der Waals surface area contributed by atoms with E-state index in [1.54, 1.807) is 6.92 Å². The maximum atomic E-state index is 11.2. The lowest BCUT2D eigenvalue weighted by Crippen LogP contribution is -2.19. The predicted octanol–water partition coefficient (Wildman–Crippen LogP) is -0.576. The van der Waals surface area contributed by atoms with Crippen molar-refractivity contribution in [2.75, 3.05) is 0 Å². The number of aryl methyl sites for hydroxylation is 1. The Morgan fingerprint density at radius 3 is 3.00 bits per heavy atom. The maximum absolute atomic E-state index is 11.2. The van der Waals surface area contributed by atoms with E-state index in [2.05, 4.69) is 15.1 Å². The number of rotatable bonds is 1. The Bertz CT molecular complexity index is 568. The molecule has 0 aliphatic rings.